The fourth-order valence-electron chi connectivity index (χ4n) is 4.99. The summed E-state index contributed by atoms with van der Waals surface area (Å²) in [5, 5.41) is 4.96. The van der Waals surface area contributed by atoms with Crippen LogP contribution in [0, 0.1) is 0 Å². The summed E-state index contributed by atoms with van der Waals surface area (Å²) in [5.74, 6) is 0.759. The van der Waals surface area contributed by atoms with Gasteiger partial charge in [-0.25, -0.2) is 9.97 Å². The highest BCUT2D eigenvalue weighted by molar-refractivity contribution is 6.18. The molecule has 0 fully saturated rings. The van der Waals surface area contributed by atoms with E-state index >= 15 is 0 Å². The summed E-state index contributed by atoms with van der Waals surface area (Å²) in [6.45, 7) is 0. The Morgan fingerprint density at radius 1 is 0.438 bits per heavy atom. The predicted octanol–water partition coefficient (Wildman–Crippen LogP) is 7.76. The summed E-state index contributed by atoms with van der Waals surface area (Å²) in [6, 6.07) is 34.4. The van der Waals surface area contributed by atoms with Crippen molar-refractivity contribution < 1.29 is 0 Å². The first-order valence-corrected chi connectivity index (χ1v) is 10.8. The largest absolute Gasteiger partial charge is 0.236 e. The molecule has 0 saturated heterocycles. The minimum Gasteiger partial charge on any atom is -0.236 e. The van der Waals surface area contributed by atoms with Crippen LogP contribution in [0.3, 0.4) is 0 Å². The van der Waals surface area contributed by atoms with Gasteiger partial charge in [0.05, 0.1) is 0 Å². The monoisotopic (exact) mass is 406 g/mol. The molecule has 0 unspecified atom stereocenters. The van der Waals surface area contributed by atoms with Gasteiger partial charge in [-0.2, -0.15) is 0 Å². The maximum Gasteiger partial charge on any atom is 0.159 e. The lowest BCUT2D eigenvalue weighted by Gasteiger charge is -2.09. The van der Waals surface area contributed by atoms with Crippen LogP contribution in [0.1, 0.15) is 0 Å². The second-order valence-corrected chi connectivity index (χ2v) is 8.29. The number of rotatable bonds is 2. The molecule has 0 N–H and O–H groups in total. The Morgan fingerprint density at radius 2 is 1.09 bits per heavy atom. The number of hydrogen-bond acceptors (Lipinski definition) is 2. The van der Waals surface area contributed by atoms with Crippen molar-refractivity contribution in [1.29, 1.82) is 0 Å². The second-order valence-electron chi connectivity index (χ2n) is 8.29. The van der Waals surface area contributed by atoms with Gasteiger partial charge in [0.15, 0.2) is 5.82 Å². The number of fused-ring (bicyclic) bond motifs is 4. The lowest BCUT2D eigenvalue weighted by molar-refractivity contribution is 1.18. The van der Waals surface area contributed by atoms with Gasteiger partial charge in [0.1, 0.15) is 0 Å². The number of nitrogens with zero attached hydrogens (tertiary/aromatic N) is 2. The molecule has 148 valence electrons. The summed E-state index contributed by atoms with van der Waals surface area (Å²) in [7, 11) is 0. The van der Waals surface area contributed by atoms with Crippen molar-refractivity contribution in [2.45, 2.75) is 0 Å². The summed E-state index contributed by atoms with van der Waals surface area (Å²) in [6.07, 6.45) is 3.87. The Labute approximate surface area is 185 Å². The molecule has 0 atom stereocenters. The van der Waals surface area contributed by atoms with Crippen LogP contribution in [-0.4, -0.2) is 9.97 Å². The van der Waals surface area contributed by atoms with Crippen LogP contribution in [0.15, 0.2) is 109 Å². The molecule has 1 heterocycles. The van der Waals surface area contributed by atoms with Gasteiger partial charge in [-0.1, -0.05) is 84.9 Å². The average molecular weight is 406 g/mol. The quantitative estimate of drug-likeness (QED) is 0.293. The normalized spacial score (nSPS) is 11.8. The van der Waals surface area contributed by atoms with E-state index in [2.05, 4.69) is 97.1 Å². The topological polar surface area (TPSA) is 25.8 Å². The molecular weight excluding hydrogens is 388 g/mol. The molecule has 2 heteroatoms. The standard InChI is InChI=1S/C30H18N2/c1-2-7-20-16-21(13-12-19(20)6-1)22-17-31-30(32-18-22)28-15-14-27-24-9-4-3-8-23(24)25-10-5-11-26(28)29(25)27/h1-18H. The van der Waals surface area contributed by atoms with Gasteiger partial charge in [-0.15, -0.1) is 0 Å². The lowest BCUT2D eigenvalue weighted by Crippen LogP contribution is -1.91. The van der Waals surface area contributed by atoms with Crippen LogP contribution in [-0.2, 0) is 0 Å². The zero-order valence-corrected chi connectivity index (χ0v) is 17.3. The van der Waals surface area contributed by atoms with Crippen molar-refractivity contribution in [2.24, 2.45) is 0 Å². The number of aromatic nitrogens is 2. The minimum atomic E-state index is 0.759. The third-order valence-corrected chi connectivity index (χ3v) is 6.52. The Bertz CT molecular complexity index is 1630. The van der Waals surface area contributed by atoms with Crippen molar-refractivity contribution >= 4 is 21.5 Å². The first-order chi connectivity index (χ1) is 15.9. The van der Waals surface area contributed by atoms with Crippen LogP contribution in [0.25, 0.3) is 66.3 Å². The molecule has 32 heavy (non-hydrogen) atoms. The summed E-state index contributed by atoms with van der Waals surface area (Å²) in [5.41, 5.74) is 8.42. The lowest BCUT2D eigenvalue weighted by atomic mass is 9.98. The molecule has 0 spiro atoms. The van der Waals surface area contributed by atoms with Gasteiger partial charge in [-0.05, 0) is 61.5 Å². The summed E-state index contributed by atoms with van der Waals surface area (Å²) >= 11 is 0. The SMILES string of the molecule is c1ccc2c(c1)-c1cccc3c(-c4ncc(-c5ccc6ccccc6c5)cn4)ccc-2c13. The van der Waals surface area contributed by atoms with E-state index in [1.165, 1.54) is 43.8 Å². The average Bonchev–Trinajstić information content (AvgIpc) is 3.20. The second kappa shape index (κ2) is 6.60. The maximum absolute atomic E-state index is 4.77. The van der Waals surface area contributed by atoms with Gasteiger partial charge in [0.2, 0.25) is 0 Å². The van der Waals surface area contributed by atoms with Crippen molar-refractivity contribution in [1.82, 2.24) is 9.97 Å². The molecule has 0 saturated carbocycles. The van der Waals surface area contributed by atoms with E-state index in [0.29, 0.717) is 0 Å². The zero-order valence-electron chi connectivity index (χ0n) is 17.3. The third kappa shape index (κ3) is 2.47. The van der Waals surface area contributed by atoms with Crippen molar-refractivity contribution in [3.8, 4) is 44.8 Å². The van der Waals surface area contributed by atoms with Gasteiger partial charge in [0, 0.05) is 23.5 Å². The molecule has 6 aromatic rings. The van der Waals surface area contributed by atoms with Crippen molar-refractivity contribution in [3.63, 3.8) is 0 Å². The summed E-state index contributed by atoms with van der Waals surface area (Å²) in [4.78, 5) is 9.55. The van der Waals surface area contributed by atoms with E-state index in [1.54, 1.807) is 0 Å². The Balaban J connectivity index is 1.35. The maximum atomic E-state index is 4.77. The zero-order chi connectivity index (χ0) is 21.1. The van der Waals surface area contributed by atoms with E-state index < -0.39 is 0 Å². The molecule has 2 nitrogen and oxygen atoms in total. The molecule has 1 aromatic heterocycles. The van der Waals surface area contributed by atoms with E-state index in [-0.39, 0.29) is 0 Å². The van der Waals surface area contributed by atoms with E-state index in [9.17, 15) is 0 Å². The molecule has 0 bridgehead atoms. The highest BCUT2D eigenvalue weighted by Crippen LogP contribution is 2.48. The molecule has 0 amide bonds. The van der Waals surface area contributed by atoms with Gasteiger partial charge in [0.25, 0.3) is 0 Å². The third-order valence-electron chi connectivity index (χ3n) is 6.52. The van der Waals surface area contributed by atoms with Crippen LogP contribution in [0.5, 0.6) is 0 Å². The molecule has 5 aromatic carbocycles. The predicted molar refractivity (Wildman–Crippen MR) is 132 cm³/mol. The highest BCUT2D eigenvalue weighted by Gasteiger charge is 2.22. The highest BCUT2D eigenvalue weighted by atomic mass is 14.9. The summed E-state index contributed by atoms with van der Waals surface area (Å²) < 4.78 is 0. The van der Waals surface area contributed by atoms with E-state index in [4.69, 9.17) is 9.97 Å². The first kappa shape index (κ1) is 17.4. The van der Waals surface area contributed by atoms with Crippen LogP contribution in [0.4, 0.5) is 0 Å². The van der Waals surface area contributed by atoms with E-state index in [1.807, 2.05) is 12.4 Å². The number of hydrogen-bond donors (Lipinski definition) is 0. The molecule has 0 aliphatic heterocycles. The van der Waals surface area contributed by atoms with Crippen LogP contribution in [0.2, 0.25) is 0 Å². The molecule has 1 aliphatic carbocycles. The minimum absolute atomic E-state index is 0.759. The van der Waals surface area contributed by atoms with Gasteiger partial charge in [-0.3, -0.25) is 0 Å². The van der Waals surface area contributed by atoms with E-state index in [0.717, 1.165) is 22.5 Å². The molecule has 0 radical (unpaired) electrons. The Hall–Kier alpha value is -4.30. The number of benzene rings is 5. The molecule has 1 aliphatic rings. The fraction of sp³-hybridized carbons (Fsp3) is 0. The Kier molecular flexibility index (Phi) is 3.58. The Morgan fingerprint density at radius 3 is 1.91 bits per heavy atom. The first-order valence-electron chi connectivity index (χ1n) is 10.8. The van der Waals surface area contributed by atoms with Crippen molar-refractivity contribution in [3.05, 3.63) is 109 Å². The van der Waals surface area contributed by atoms with Gasteiger partial charge < -0.3 is 0 Å². The molecule has 7 rings (SSSR count). The fourth-order valence-corrected chi connectivity index (χ4v) is 4.99. The van der Waals surface area contributed by atoms with Crippen LogP contribution < -0.4 is 0 Å². The van der Waals surface area contributed by atoms with Crippen LogP contribution >= 0.6 is 0 Å². The molecular formula is C30H18N2. The smallest absolute Gasteiger partial charge is 0.159 e. The van der Waals surface area contributed by atoms with Crippen molar-refractivity contribution in [2.75, 3.05) is 0 Å². The van der Waals surface area contributed by atoms with Gasteiger partial charge >= 0.3 is 0 Å².